The molecule has 3 nitrogen and oxygen atoms in total. The molecule has 0 amide bonds. The average molecular weight is 251 g/mol. The summed E-state index contributed by atoms with van der Waals surface area (Å²) in [5.74, 6) is 0. The SMILES string of the molecule is CN(Cc1ccc(C#N)cc1)Cc1ccccc1N. The van der Waals surface area contributed by atoms with E-state index in [1.165, 1.54) is 5.56 Å². The fourth-order valence-electron chi connectivity index (χ4n) is 2.02. The average Bonchev–Trinajstić information content (AvgIpc) is 2.42. The van der Waals surface area contributed by atoms with E-state index in [-0.39, 0.29) is 0 Å². The van der Waals surface area contributed by atoms with Crippen molar-refractivity contribution in [1.29, 1.82) is 5.26 Å². The Bertz CT molecular complexity index is 582. The van der Waals surface area contributed by atoms with E-state index in [9.17, 15) is 0 Å². The van der Waals surface area contributed by atoms with Crippen LogP contribution >= 0.6 is 0 Å². The first-order valence-corrected chi connectivity index (χ1v) is 6.20. The Morgan fingerprint density at radius 3 is 2.37 bits per heavy atom. The molecule has 2 aromatic rings. The summed E-state index contributed by atoms with van der Waals surface area (Å²) in [6, 6.07) is 17.7. The summed E-state index contributed by atoms with van der Waals surface area (Å²) in [5.41, 5.74) is 9.79. The first kappa shape index (κ1) is 13.1. The lowest BCUT2D eigenvalue weighted by Crippen LogP contribution is -2.18. The number of benzene rings is 2. The van der Waals surface area contributed by atoms with Gasteiger partial charge in [-0.15, -0.1) is 0 Å². The number of rotatable bonds is 4. The number of nitrogens with two attached hydrogens (primary N) is 1. The van der Waals surface area contributed by atoms with E-state index < -0.39 is 0 Å². The van der Waals surface area contributed by atoms with E-state index in [0.29, 0.717) is 5.56 Å². The highest BCUT2D eigenvalue weighted by molar-refractivity contribution is 5.46. The molecule has 0 aliphatic carbocycles. The zero-order chi connectivity index (χ0) is 13.7. The summed E-state index contributed by atoms with van der Waals surface area (Å²) < 4.78 is 0. The molecule has 3 heteroatoms. The van der Waals surface area contributed by atoms with E-state index >= 15 is 0 Å². The molecule has 0 fully saturated rings. The molecule has 19 heavy (non-hydrogen) atoms. The molecule has 0 unspecified atom stereocenters. The number of hydrogen-bond donors (Lipinski definition) is 1. The standard InChI is InChI=1S/C16H17N3/c1-19(12-15-4-2-3-5-16(15)18)11-14-8-6-13(10-17)7-9-14/h2-9H,11-12,18H2,1H3. The Hall–Kier alpha value is -2.31. The minimum absolute atomic E-state index is 0.693. The van der Waals surface area contributed by atoms with E-state index in [4.69, 9.17) is 11.0 Å². The third-order valence-electron chi connectivity index (χ3n) is 3.03. The third-order valence-corrected chi connectivity index (χ3v) is 3.03. The number of anilines is 1. The minimum atomic E-state index is 0.693. The highest BCUT2D eigenvalue weighted by atomic mass is 15.1. The molecular weight excluding hydrogens is 234 g/mol. The van der Waals surface area contributed by atoms with Crippen molar-refractivity contribution < 1.29 is 0 Å². The molecular formula is C16H17N3. The van der Waals surface area contributed by atoms with Crippen LogP contribution < -0.4 is 5.73 Å². The van der Waals surface area contributed by atoms with Crippen LogP contribution in [0.1, 0.15) is 16.7 Å². The van der Waals surface area contributed by atoms with Crippen molar-refractivity contribution in [2.24, 2.45) is 0 Å². The molecule has 0 atom stereocenters. The van der Waals surface area contributed by atoms with E-state index in [1.807, 2.05) is 48.5 Å². The van der Waals surface area contributed by atoms with Crippen LogP contribution in [0.3, 0.4) is 0 Å². The topological polar surface area (TPSA) is 53.0 Å². The first-order chi connectivity index (χ1) is 9.19. The lowest BCUT2D eigenvalue weighted by molar-refractivity contribution is 0.319. The molecule has 0 saturated carbocycles. The van der Waals surface area contributed by atoms with Gasteiger partial charge in [-0.05, 0) is 36.4 Å². The van der Waals surface area contributed by atoms with E-state index in [2.05, 4.69) is 18.0 Å². The summed E-state index contributed by atoms with van der Waals surface area (Å²) >= 11 is 0. The van der Waals surface area contributed by atoms with Crippen molar-refractivity contribution in [2.75, 3.05) is 12.8 Å². The van der Waals surface area contributed by atoms with Gasteiger partial charge in [0, 0.05) is 18.8 Å². The molecule has 0 aromatic heterocycles. The second kappa shape index (κ2) is 6.03. The molecule has 0 radical (unpaired) electrons. The van der Waals surface area contributed by atoms with Crippen molar-refractivity contribution in [3.8, 4) is 6.07 Å². The van der Waals surface area contributed by atoms with Crippen LogP contribution in [0.2, 0.25) is 0 Å². The molecule has 0 aliphatic rings. The number of nitrogens with zero attached hydrogens (tertiary/aromatic N) is 2. The van der Waals surface area contributed by atoms with Crippen LogP contribution in [0.25, 0.3) is 0 Å². The van der Waals surface area contributed by atoms with Crippen molar-refractivity contribution in [2.45, 2.75) is 13.1 Å². The van der Waals surface area contributed by atoms with Crippen molar-refractivity contribution in [3.05, 3.63) is 65.2 Å². The summed E-state index contributed by atoms with van der Waals surface area (Å²) in [6.45, 7) is 1.65. The summed E-state index contributed by atoms with van der Waals surface area (Å²) in [4.78, 5) is 2.20. The van der Waals surface area contributed by atoms with Gasteiger partial charge >= 0.3 is 0 Å². The molecule has 2 aromatic carbocycles. The van der Waals surface area contributed by atoms with Crippen LogP contribution in [0.15, 0.2) is 48.5 Å². The smallest absolute Gasteiger partial charge is 0.0991 e. The normalized spacial score (nSPS) is 10.4. The lowest BCUT2D eigenvalue weighted by atomic mass is 10.1. The van der Waals surface area contributed by atoms with Gasteiger partial charge in [-0.25, -0.2) is 0 Å². The van der Waals surface area contributed by atoms with Gasteiger partial charge in [0.15, 0.2) is 0 Å². The summed E-state index contributed by atoms with van der Waals surface area (Å²) in [7, 11) is 2.06. The number of nitrogen functional groups attached to an aromatic ring is 1. The monoisotopic (exact) mass is 251 g/mol. The zero-order valence-electron chi connectivity index (χ0n) is 11.0. The van der Waals surface area contributed by atoms with Gasteiger partial charge in [0.2, 0.25) is 0 Å². The quantitative estimate of drug-likeness (QED) is 0.850. The molecule has 96 valence electrons. The third kappa shape index (κ3) is 3.57. The largest absolute Gasteiger partial charge is 0.398 e. The molecule has 0 bridgehead atoms. The minimum Gasteiger partial charge on any atom is -0.398 e. The maximum atomic E-state index is 8.76. The van der Waals surface area contributed by atoms with Gasteiger partial charge < -0.3 is 5.73 Å². The van der Waals surface area contributed by atoms with Gasteiger partial charge in [-0.2, -0.15) is 5.26 Å². The molecule has 2 N–H and O–H groups in total. The Morgan fingerprint density at radius 2 is 1.74 bits per heavy atom. The van der Waals surface area contributed by atoms with Crippen LogP contribution in [0.5, 0.6) is 0 Å². The zero-order valence-corrected chi connectivity index (χ0v) is 11.0. The predicted octanol–water partition coefficient (Wildman–Crippen LogP) is 2.77. The number of hydrogen-bond acceptors (Lipinski definition) is 3. The van der Waals surface area contributed by atoms with Gasteiger partial charge in [-0.1, -0.05) is 30.3 Å². The molecule has 0 heterocycles. The predicted molar refractivity (Wildman–Crippen MR) is 77.2 cm³/mol. The summed E-state index contributed by atoms with van der Waals surface area (Å²) in [5, 5.41) is 8.76. The van der Waals surface area contributed by atoms with Gasteiger partial charge in [0.1, 0.15) is 0 Å². The first-order valence-electron chi connectivity index (χ1n) is 6.20. The maximum absolute atomic E-state index is 8.76. The van der Waals surface area contributed by atoms with Gasteiger partial charge in [-0.3, -0.25) is 4.90 Å². The van der Waals surface area contributed by atoms with E-state index in [0.717, 1.165) is 24.3 Å². The highest BCUT2D eigenvalue weighted by Gasteiger charge is 2.04. The van der Waals surface area contributed by atoms with Crippen LogP contribution in [0, 0.1) is 11.3 Å². The fourth-order valence-corrected chi connectivity index (χ4v) is 2.02. The Balaban J connectivity index is 1.99. The Morgan fingerprint density at radius 1 is 1.05 bits per heavy atom. The number of nitriles is 1. The molecule has 2 rings (SSSR count). The highest BCUT2D eigenvalue weighted by Crippen LogP contribution is 2.14. The fraction of sp³-hybridized carbons (Fsp3) is 0.188. The molecule has 0 aliphatic heterocycles. The van der Waals surface area contributed by atoms with Crippen molar-refractivity contribution >= 4 is 5.69 Å². The second-order valence-corrected chi connectivity index (χ2v) is 4.68. The Kier molecular flexibility index (Phi) is 4.17. The van der Waals surface area contributed by atoms with Crippen LogP contribution in [-0.2, 0) is 13.1 Å². The van der Waals surface area contributed by atoms with Crippen LogP contribution in [0.4, 0.5) is 5.69 Å². The Labute approximate surface area is 113 Å². The van der Waals surface area contributed by atoms with Gasteiger partial charge in [0.05, 0.1) is 11.6 Å². The van der Waals surface area contributed by atoms with Crippen molar-refractivity contribution in [3.63, 3.8) is 0 Å². The lowest BCUT2D eigenvalue weighted by Gasteiger charge is -2.18. The van der Waals surface area contributed by atoms with Crippen LogP contribution in [-0.4, -0.2) is 11.9 Å². The molecule has 0 spiro atoms. The number of para-hydroxylation sites is 1. The van der Waals surface area contributed by atoms with Gasteiger partial charge in [0.25, 0.3) is 0 Å². The van der Waals surface area contributed by atoms with Crippen molar-refractivity contribution in [1.82, 2.24) is 4.90 Å². The maximum Gasteiger partial charge on any atom is 0.0991 e. The van der Waals surface area contributed by atoms with E-state index in [1.54, 1.807) is 0 Å². The molecule has 0 saturated heterocycles. The summed E-state index contributed by atoms with van der Waals surface area (Å²) in [6.07, 6.45) is 0. The second-order valence-electron chi connectivity index (χ2n) is 4.68.